The van der Waals surface area contributed by atoms with Gasteiger partial charge in [0.05, 0.1) is 13.2 Å². The van der Waals surface area contributed by atoms with Gasteiger partial charge in [-0.25, -0.2) is 0 Å². The van der Waals surface area contributed by atoms with Crippen LogP contribution in [0.15, 0.2) is 60.7 Å². The van der Waals surface area contributed by atoms with Gasteiger partial charge in [0.2, 0.25) is 0 Å². The predicted octanol–water partition coefficient (Wildman–Crippen LogP) is 4.28. The maximum Gasteiger partial charge on any atom is 0.335 e. The van der Waals surface area contributed by atoms with Gasteiger partial charge in [-0.15, -0.1) is 0 Å². The summed E-state index contributed by atoms with van der Waals surface area (Å²) in [6.07, 6.45) is 2.13. The third kappa shape index (κ3) is 13.3. The number of rotatable bonds is 6. The summed E-state index contributed by atoms with van der Waals surface area (Å²) in [6, 6.07) is 19.8. The first-order valence-electron chi connectivity index (χ1n) is 7.55. The van der Waals surface area contributed by atoms with Gasteiger partial charge in [-0.05, 0) is 37.1 Å². The van der Waals surface area contributed by atoms with E-state index in [1.807, 2.05) is 60.7 Å². The van der Waals surface area contributed by atoms with Gasteiger partial charge >= 0.3 is 11.6 Å². The Hall–Kier alpha value is -2.14. The van der Waals surface area contributed by atoms with Crippen molar-refractivity contribution in [2.45, 2.75) is 26.7 Å². The van der Waals surface area contributed by atoms with Gasteiger partial charge in [0, 0.05) is 0 Å². The van der Waals surface area contributed by atoms with E-state index in [2.05, 4.69) is 13.8 Å². The van der Waals surface area contributed by atoms with Gasteiger partial charge in [0.1, 0.15) is 11.5 Å². The fraction of sp³-hybridized carbons (Fsp3) is 0.333. The fourth-order valence-electron chi connectivity index (χ4n) is 1.47. The molecule has 0 atom stereocenters. The molecule has 0 N–H and O–H groups in total. The molecule has 0 aliphatic rings. The average molecular weight is 336 g/mol. The summed E-state index contributed by atoms with van der Waals surface area (Å²) in [6.45, 7) is 5.82. The van der Waals surface area contributed by atoms with Crippen molar-refractivity contribution >= 4 is 11.6 Å². The third-order valence-corrected chi connectivity index (χ3v) is 2.43. The van der Waals surface area contributed by atoms with Crippen LogP contribution in [0.25, 0.3) is 0 Å². The average Bonchev–Trinajstić information content (AvgIpc) is 2.61. The van der Waals surface area contributed by atoms with Crippen molar-refractivity contribution in [1.82, 2.24) is 0 Å². The molecular formula is C18H24O4S. The minimum atomic E-state index is -0.750. The quantitative estimate of drug-likeness (QED) is 0.790. The second kappa shape index (κ2) is 16.2. The standard InChI is InChI=1S/2C9H12O.O2S/c2*1-2-8-10-9-6-4-3-5-7-9;1-3-2/h2*3-7H,2,8H2,1H3;. The molecule has 0 unspecified atom stereocenters. The van der Waals surface area contributed by atoms with E-state index in [9.17, 15) is 0 Å². The van der Waals surface area contributed by atoms with Crippen LogP contribution in [0.3, 0.4) is 0 Å². The lowest BCUT2D eigenvalue weighted by Crippen LogP contribution is -1.93. The summed E-state index contributed by atoms with van der Waals surface area (Å²) < 4.78 is 27.3. The van der Waals surface area contributed by atoms with E-state index in [1.165, 1.54) is 0 Å². The molecule has 0 fully saturated rings. The topological polar surface area (TPSA) is 52.6 Å². The first-order valence-corrected chi connectivity index (χ1v) is 8.22. The van der Waals surface area contributed by atoms with E-state index >= 15 is 0 Å². The Bertz CT molecular complexity index is 468. The molecule has 0 bridgehead atoms. The van der Waals surface area contributed by atoms with Crippen molar-refractivity contribution in [3.8, 4) is 11.5 Å². The number of ether oxygens (including phenoxy) is 2. The largest absolute Gasteiger partial charge is 0.494 e. The van der Waals surface area contributed by atoms with Crippen molar-refractivity contribution in [1.29, 1.82) is 0 Å². The van der Waals surface area contributed by atoms with E-state index < -0.39 is 11.6 Å². The van der Waals surface area contributed by atoms with Crippen LogP contribution in [0.5, 0.6) is 11.5 Å². The molecule has 4 nitrogen and oxygen atoms in total. The second-order valence-electron chi connectivity index (χ2n) is 4.39. The Morgan fingerprint density at radius 2 is 1.00 bits per heavy atom. The highest BCUT2D eigenvalue weighted by Crippen LogP contribution is 2.08. The molecule has 0 spiro atoms. The summed E-state index contributed by atoms with van der Waals surface area (Å²) in [4.78, 5) is 0. The lowest BCUT2D eigenvalue weighted by molar-refractivity contribution is 0.317. The van der Waals surface area contributed by atoms with Crippen molar-refractivity contribution < 1.29 is 17.9 Å². The van der Waals surface area contributed by atoms with Crippen LogP contribution < -0.4 is 9.47 Å². The molecule has 0 saturated carbocycles. The molecule has 0 aromatic heterocycles. The summed E-state index contributed by atoms with van der Waals surface area (Å²) in [5.74, 6) is 1.92. The SMILES string of the molecule is CCCOc1ccccc1.CCCOc1ccccc1.O=S=O. The van der Waals surface area contributed by atoms with E-state index in [0.29, 0.717) is 0 Å². The van der Waals surface area contributed by atoms with Crippen molar-refractivity contribution in [3.63, 3.8) is 0 Å². The van der Waals surface area contributed by atoms with Crippen LogP contribution in [-0.4, -0.2) is 21.6 Å². The number of hydrogen-bond acceptors (Lipinski definition) is 4. The Labute approximate surface area is 142 Å². The zero-order valence-electron chi connectivity index (χ0n) is 13.6. The van der Waals surface area contributed by atoms with Crippen molar-refractivity contribution in [3.05, 3.63) is 60.7 Å². The smallest absolute Gasteiger partial charge is 0.335 e. The van der Waals surface area contributed by atoms with Gasteiger partial charge in [0.25, 0.3) is 0 Å². The normalized spacial score (nSPS) is 8.61. The first kappa shape index (κ1) is 20.9. The van der Waals surface area contributed by atoms with Crippen LogP contribution in [0.1, 0.15) is 26.7 Å². The highest BCUT2D eigenvalue weighted by Gasteiger charge is 1.87. The van der Waals surface area contributed by atoms with Gasteiger partial charge in [-0.2, -0.15) is 8.42 Å². The zero-order chi connectivity index (χ0) is 17.2. The molecule has 0 radical (unpaired) electrons. The van der Waals surface area contributed by atoms with Crippen LogP contribution in [-0.2, 0) is 11.6 Å². The second-order valence-corrected chi connectivity index (χ2v) is 4.53. The highest BCUT2D eigenvalue weighted by molar-refractivity contribution is 7.51. The Balaban J connectivity index is 0.000000360. The maximum absolute atomic E-state index is 8.29. The number of para-hydroxylation sites is 2. The summed E-state index contributed by atoms with van der Waals surface area (Å²) >= 11 is -0.750. The molecule has 2 aromatic rings. The third-order valence-electron chi connectivity index (χ3n) is 2.43. The van der Waals surface area contributed by atoms with Crippen LogP contribution in [0.4, 0.5) is 0 Å². The zero-order valence-corrected chi connectivity index (χ0v) is 14.5. The molecule has 126 valence electrons. The minimum Gasteiger partial charge on any atom is -0.494 e. The molecule has 0 heterocycles. The lowest BCUT2D eigenvalue weighted by Gasteiger charge is -2.01. The van der Waals surface area contributed by atoms with Crippen molar-refractivity contribution in [2.24, 2.45) is 0 Å². The van der Waals surface area contributed by atoms with Gasteiger partial charge in [-0.1, -0.05) is 50.2 Å². The molecule has 0 aliphatic carbocycles. The molecule has 23 heavy (non-hydrogen) atoms. The Kier molecular flexibility index (Phi) is 14.7. The molecule has 5 heteroatoms. The van der Waals surface area contributed by atoms with Gasteiger partial charge in [-0.3, -0.25) is 0 Å². The molecule has 2 aromatic carbocycles. The molecule has 0 saturated heterocycles. The molecular weight excluding hydrogens is 312 g/mol. The van der Waals surface area contributed by atoms with E-state index in [-0.39, 0.29) is 0 Å². The van der Waals surface area contributed by atoms with E-state index in [0.717, 1.165) is 37.6 Å². The van der Waals surface area contributed by atoms with Crippen LogP contribution in [0.2, 0.25) is 0 Å². The first-order chi connectivity index (χ1) is 11.3. The summed E-state index contributed by atoms with van der Waals surface area (Å²) in [7, 11) is 0. The van der Waals surface area contributed by atoms with Gasteiger partial charge < -0.3 is 9.47 Å². The summed E-state index contributed by atoms with van der Waals surface area (Å²) in [5.41, 5.74) is 0. The molecule has 2 rings (SSSR count). The fourth-order valence-corrected chi connectivity index (χ4v) is 1.47. The Morgan fingerprint density at radius 3 is 1.26 bits per heavy atom. The van der Waals surface area contributed by atoms with Crippen molar-refractivity contribution in [2.75, 3.05) is 13.2 Å². The Morgan fingerprint density at radius 1 is 0.696 bits per heavy atom. The number of benzene rings is 2. The predicted molar refractivity (Wildman–Crippen MR) is 93.4 cm³/mol. The summed E-state index contributed by atoms with van der Waals surface area (Å²) in [5, 5.41) is 0. The van der Waals surface area contributed by atoms with Crippen LogP contribution >= 0.6 is 0 Å². The maximum atomic E-state index is 8.29. The highest BCUT2D eigenvalue weighted by atomic mass is 32.1. The lowest BCUT2D eigenvalue weighted by atomic mass is 10.3. The van der Waals surface area contributed by atoms with Crippen LogP contribution in [0, 0.1) is 0 Å². The minimum absolute atomic E-state index is 0.750. The van der Waals surface area contributed by atoms with E-state index in [1.54, 1.807) is 0 Å². The molecule has 0 amide bonds. The molecule has 0 aliphatic heterocycles. The van der Waals surface area contributed by atoms with Gasteiger partial charge in [0.15, 0.2) is 0 Å². The monoisotopic (exact) mass is 336 g/mol. The number of hydrogen-bond donors (Lipinski definition) is 0. The van der Waals surface area contributed by atoms with E-state index in [4.69, 9.17) is 17.9 Å².